The van der Waals surface area contributed by atoms with Gasteiger partial charge in [-0.1, -0.05) is 25.1 Å². The quantitative estimate of drug-likeness (QED) is 0.880. The minimum atomic E-state index is -0.566. The van der Waals surface area contributed by atoms with Crippen molar-refractivity contribution in [2.75, 3.05) is 0 Å². The van der Waals surface area contributed by atoms with Crippen LogP contribution in [0.15, 0.2) is 30.5 Å². The van der Waals surface area contributed by atoms with Crippen LogP contribution in [0.25, 0.3) is 5.69 Å². The van der Waals surface area contributed by atoms with Crippen LogP contribution in [0.3, 0.4) is 0 Å². The van der Waals surface area contributed by atoms with Crippen molar-refractivity contribution in [1.29, 1.82) is 0 Å². The Morgan fingerprint density at radius 1 is 1.30 bits per heavy atom. The molecule has 5 nitrogen and oxygen atoms in total. The first kappa shape index (κ1) is 14.5. The predicted molar refractivity (Wildman–Crippen MR) is 77.0 cm³/mol. The predicted octanol–water partition coefficient (Wildman–Crippen LogP) is 2.89. The van der Waals surface area contributed by atoms with Gasteiger partial charge in [0.1, 0.15) is 11.4 Å². The number of hydrogen-bond donors (Lipinski definition) is 1. The van der Waals surface area contributed by atoms with Crippen molar-refractivity contribution in [2.45, 2.75) is 45.8 Å². The van der Waals surface area contributed by atoms with E-state index in [1.807, 2.05) is 38.1 Å². The number of nitrogens with zero attached hydrogens (tertiary/aromatic N) is 3. The minimum absolute atomic E-state index is 0.179. The molecule has 1 N–H and O–H groups in total. The van der Waals surface area contributed by atoms with E-state index in [1.165, 1.54) is 0 Å². The molecule has 0 spiro atoms. The summed E-state index contributed by atoms with van der Waals surface area (Å²) in [6, 6.07) is 7.70. The molecule has 0 aliphatic heterocycles. The smallest absolute Gasteiger partial charge is 0.121 e. The van der Waals surface area contributed by atoms with Gasteiger partial charge in [0.2, 0.25) is 0 Å². The summed E-state index contributed by atoms with van der Waals surface area (Å²) in [5, 5.41) is 17.8. The molecule has 0 saturated heterocycles. The van der Waals surface area contributed by atoms with E-state index in [1.54, 1.807) is 10.9 Å². The highest BCUT2D eigenvalue weighted by Gasteiger charge is 2.11. The fourth-order valence-corrected chi connectivity index (χ4v) is 1.78. The summed E-state index contributed by atoms with van der Waals surface area (Å²) in [5.41, 5.74) is 1.45. The van der Waals surface area contributed by atoms with Crippen LogP contribution in [-0.2, 0) is 0 Å². The van der Waals surface area contributed by atoms with E-state index in [-0.39, 0.29) is 6.10 Å². The molecule has 0 radical (unpaired) electrons. The van der Waals surface area contributed by atoms with Gasteiger partial charge in [-0.15, -0.1) is 5.10 Å². The standard InChI is InChI=1S/C15H21N3O2/c1-4-11(3)20-13-8-6-7-12(9-13)18-10-14(16-17-18)15(19)5-2/h6-11,15,19H,4-5H2,1-3H3. The molecule has 0 fully saturated rings. The Morgan fingerprint density at radius 3 is 2.80 bits per heavy atom. The zero-order valence-electron chi connectivity index (χ0n) is 12.2. The van der Waals surface area contributed by atoms with Crippen molar-refractivity contribution in [3.05, 3.63) is 36.2 Å². The van der Waals surface area contributed by atoms with E-state index in [2.05, 4.69) is 17.2 Å². The van der Waals surface area contributed by atoms with Crippen molar-refractivity contribution in [2.24, 2.45) is 0 Å². The molecule has 108 valence electrons. The van der Waals surface area contributed by atoms with E-state index in [0.717, 1.165) is 17.9 Å². The Kier molecular flexibility index (Phi) is 4.74. The maximum absolute atomic E-state index is 9.75. The summed E-state index contributed by atoms with van der Waals surface area (Å²) in [6.07, 6.45) is 2.94. The Labute approximate surface area is 119 Å². The van der Waals surface area contributed by atoms with Gasteiger partial charge in [0.25, 0.3) is 0 Å². The fourth-order valence-electron chi connectivity index (χ4n) is 1.78. The molecule has 0 aliphatic rings. The highest BCUT2D eigenvalue weighted by Crippen LogP contribution is 2.19. The second kappa shape index (κ2) is 6.52. The molecule has 0 amide bonds. The topological polar surface area (TPSA) is 60.2 Å². The molecule has 1 heterocycles. The van der Waals surface area contributed by atoms with Crippen molar-refractivity contribution < 1.29 is 9.84 Å². The summed E-state index contributed by atoms with van der Waals surface area (Å²) >= 11 is 0. The lowest BCUT2D eigenvalue weighted by molar-refractivity contribution is 0.169. The lowest BCUT2D eigenvalue weighted by atomic mass is 10.2. The zero-order valence-corrected chi connectivity index (χ0v) is 12.2. The van der Waals surface area contributed by atoms with Crippen molar-refractivity contribution in [1.82, 2.24) is 15.0 Å². The first-order chi connectivity index (χ1) is 9.63. The van der Waals surface area contributed by atoms with Gasteiger partial charge in [0.05, 0.1) is 24.1 Å². The average Bonchev–Trinajstić information content (AvgIpc) is 2.96. The molecule has 5 heteroatoms. The third-order valence-corrected chi connectivity index (χ3v) is 3.23. The molecule has 0 saturated carbocycles. The van der Waals surface area contributed by atoms with Gasteiger partial charge in [-0.3, -0.25) is 0 Å². The molecular formula is C15H21N3O2. The molecule has 2 aromatic rings. The SMILES string of the molecule is CCC(C)Oc1cccc(-n2cc(C(O)CC)nn2)c1. The second-order valence-corrected chi connectivity index (χ2v) is 4.85. The highest BCUT2D eigenvalue weighted by molar-refractivity contribution is 5.38. The summed E-state index contributed by atoms with van der Waals surface area (Å²) < 4.78 is 7.44. The van der Waals surface area contributed by atoms with Crippen LogP contribution in [0.2, 0.25) is 0 Å². The Hall–Kier alpha value is -1.88. The maximum atomic E-state index is 9.75. The highest BCUT2D eigenvalue weighted by atomic mass is 16.5. The largest absolute Gasteiger partial charge is 0.491 e. The molecule has 20 heavy (non-hydrogen) atoms. The number of benzene rings is 1. The van der Waals surface area contributed by atoms with E-state index in [4.69, 9.17) is 4.74 Å². The molecule has 2 unspecified atom stereocenters. The van der Waals surface area contributed by atoms with E-state index in [0.29, 0.717) is 12.1 Å². The van der Waals surface area contributed by atoms with E-state index >= 15 is 0 Å². The van der Waals surface area contributed by atoms with Crippen LogP contribution in [0.4, 0.5) is 0 Å². The minimum Gasteiger partial charge on any atom is -0.491 e. The van der Waals surface area contributed by atoms with Crippen LogP contribution in [-0.4, -0.2) is 26.2 Å². The lowest BCUT2D eigenvalue weighted by Gasteiger charge is -2.13. The molecule has 0 bridgehead atoms. The summed E-state index contributed by atoms with van der Waals surface area (Å²) in [4.78, 5) is 0. The summed E-state index contributed by atoms with van der Waals surface area (Å²) in [7, 11) is 0. The molecule has 2 atom stereocenters. The number of aromatic nitrogens is 3. The lowest BCUT2D eigenvalue weighted by Crippen LogP contribution is -2.09. The van der Waals surface area contributed by atoms with Crippen LogP contribution in [0.5, 0.6) is 5.75 Å². The van der Waals surface area contributed by atoms with Gasteiger partial charge < -0.3 is 9.84 Å². The third-order valence-electron chi connectivity index (χ3n) is 3.23. The van der Waals surface area contributed by atoms with Gasteiger partial charge in [0, 0.05) is 6.07 Å². The van der Waals surface area contributed by atoms with Gasteiger partial charge in [-0.25, -0.2) is 4.68 Å². The fraction of sp³-hybridized carbons (Fsp3) is 0.467. The van der Waals surface area contributed by atoms with Crippen molar-refractivity contribution in [3.63, 3.8) is 0 Å². The first-order valence-corrected chi connectivity index (χ1v) is 7.01. The number of rotatable bonds is 6. The Balaban J connectivity index is 2.20. The number of aliphatic hydroxyl groups excluding tert-OH is 1. The van der Waals surface area contributed by atoms with Gasteiger partial charge >= 0.3 is 0 Å². The maximum Gasteiger partial charge on any atom is 0.121 e. The van der Waals surface area contributed by atoms with Gasteiger partial charge in [-0.2, -0.15) is 0 Å². The molecule has 1 aromatic heterocycles. The van der Waals surface area contributed by atoms with Gasteiger partial charge in [0.15, 0.2) is 0 Å². The van der Waals surface area contributed by atoms with Crippen molar-refractivity contribution in [3.8, 4) is 11.4 Å². The van der Waals surface area contributed by atoms with E-state index < -0.39 is 6.10 Å². The Bertz CT molecular complexity index is 554. The summed E-state index contributed by atoms with van der Waals surface area (Å²) in [6.45, 7) is 6.03. The number of aliphatic hydroxyl groups is 1. The Morgan fingerprint density at radius 2 is 2.10 bits per heavy atom. The van der Waals surface area contributed by atoms with Crippen LogP contribution >= 0.6 is 0 Å². The third kappa shape index (κ3) is 3.36. The van der Waals surface area contributed by atoms with Crippen molar-refractivity contribution >= 4 is 0 Å². The van der Waals surface area contributed by atoms with Crippen LogP contribution in [0.1, 0.15) is 45.4 Å². The summed E-state index contributed by atoms with van der Waals surface area (Å²) in [5.74, 6) is 0.810. The second-order valence-electron chi connectivity index (χ2n) is 4.85. The van der Waals surface area contributed by atoms with Crippen LogP contribution in [0, 0.1) is 0 Å². The molecule has 2 rings (SSSR count). The molecule has 0 aliphatic carbocycles. The molecule has 1 aromatic carbocycles. The molecular weight excluding hydrogens is 254 g/mol. The van der Waals surface area contributed by atoms with Crippen LogP contribution < -0.4 is 4.74 Å². The van der Waals surface area contributed by atoms with E-state index in [9.17, 15) is 5.11 Å². The first-order valence-electron chi connectivity index (χ1n) is 7.01. The van der Waals surface area contributed by atoms with Gasteiger partial charge in [-0.05, 0) is 31.9 Å². The average molecular weight is 275 g/mol. The zero-order chi connectivity index (χ0) is 14.5. The number of ether oxygens (including phenoxy) is 1. The number of hydrogen-bond acceptors (Lipinski definition) is 4. The monoisotopic (exact) mass is 275 g/mol. The normalized spacial score (nSPS) is 14.0.